The van der Waals surface area contributed by atoms with Crippen molar-refractivity contribution >= 4 is 17.5 Å². The van der Waals surface area contributed by atoms with Crippen molar-refractivity contribution in [3.05, 3.63) is 11.6 Å². The Morgan fingerprint density at radius 1 is 1.62 bits per heavy atom. The molecule has 46 valence electrons. The highest BCUT2D eigenvalue weighted by Crippen LogP contribution is 1.82. The molecule has 0 aliphatic rings. The van der Waals surface area contributed by atoms with E-state index in [1.807, 2.05) is 0 Å². The summed E-state index contributed by atoms with van der Waals surface area (Å²) in [6, 6.07) is 0. The van der Waals surface area contributed by atoms with Gasteiger partial charge in [-0.2, -0.15) is 0 Å². The number of likely N-dealkylation sites (N-methyl/N-ethyl adjacent to an activating group) is 1. The second-order valence-corrected chi connectivity index (χ2v) is 1.78. The number of carbonyl (C=O) groups excluding carboxylic acids is 1. The van der Waals surface area contributed by atoms with Crippen LogP contribution in [-0.2, 0) is 4.79 Å². The Kier molecular flexibility index (Phi) is 3.28. The molecule has 0 unspecified atom stereocenters. The van der Waals surface area contributed by atoms with Crippen molar-refractivity contribution in [3.8, 4) is 0 Å². The lowest BCUT2D eigenvalue weighted by molar-refractivity contribution is -0.123. The lowest BCUT2D eigenvalue weighted by Crippen LogP contribution is -2.18. The number of hydrogen-bond donors (Lipinski definition) is 0. The molecule has 0 aromatic rings. The van der Waals surface area contributed by atoms with Gasteiger partial charge in [0, 0.05) is 25.7 Å². The van der Waals surface area contributed by atoms with Crippen LogP contribution >= 0.6 is 11.6 Å². The summed E-state index contributed by atoms with van der Waals surface area (Å²) in [5.74, 6) is -0.0972. The first kappa shape index (κ1) is 7.50. The number of carbonyl (C=O) groups is 1. The largest absolute Gasteiger partial charge is 0.345 e. The SMILES string of the molecule is CN(C)C(=O)/C=C/Cl. The zero-order valence-electron chi connectivity index (χ0n) is 4.89. The molecule has 0 heterocycles. The second-order valence-electron chi connectivity index (χ2n) is 1.53. The fraction of sp³-hybridized carbons (Fsp3) is 0.400. The van der Waals surface area contributed by atoms with Gasteiger partial charge in [-0.15, -0.1) is 0 Å². The quantitative estimate of drug-likeness (QED) is 0.485. The highest BCUT2D eigenvalue weighted by molar-refractivity contribution is 6.26. The Bertz CT molecular complexity index is 109. The molecule has 0 aromatic carbocycles. The third kappa shape index (κ3) is 2.64. The third-order valence-corrected chi connectivity index (χ3v) is 0.772. The fourth-order valence-electron chi connectivity index (χ4n) is 0.203. The number of rotatable bonds is 1. The minimum atomic E-state index is -0.0972. The highest BCUT2D eigenvalue weighted by atomic mass is 35.5. The zero-order valence-corrected chi connectivity index (χ0v) is 5.64. The van der Waals surface area contributed by atoms with Crippen molar-refractivity contribution < 1.29 is 4.79 Å². The molecule has 8 heavy (non-hydrogen) atoms. The summed E-state index contributed by atoms with van der Waals surface area (Å²) in [7, 11) is 3.33. The molecule has 0 rings (SSSR count). The maximum atomic E-state index is 10.5. The van der Waals surface area contributed by atoms with Crippen LogP contribution in [0.2, 0.25) is 0 Å². The molecule has 3 heteroatoms. The van der Waals surface area contributed by atoms with Gasteiger partial charge in [0.2, 0.25) is 5.91 Å². The first-order valence-corrected chi connectivity index (χ1v) is 2.60. The van der Waals surface area contributed by atoms with Crippen LogP contribution in [0.3, 0.4) is 0 Å². The van der Waals surface area contributed by atoms with E-state index in [1.165, 1.54) is 16.5 Å². The van der Waals surface area contributed by atoms with Crippen LogP contribution in [-0.4, -0.2) is 24.9 Å². The van der Waals surface area contributed by atoms with Crippen molar-refractivity contribution in [2.75, 3.05) is 14.1 Å². The van der Waals surface area contributed by atoms with Crippen LogP contribution in [0.4, 0.5) is 0 Å². The molecule has 0 saturated heterocycles. The standard InChI is InChI=1S/C5H8ClNO/c1-7(2)5(8)3-4-6/h3-4H,1-2H3/b4-3+. The zero-order chi connectivity index (χ0) is 6.57. The van der Waals surface area contributed by atoms with Crippen molar-refractivity contribution in [1.29, 1.82) is 0 Å². The lowest BCUT2D eigenvalue weighted by Gasteiger charge is -2.03. The van der Waals surface area contributed by atoms with E-state index < -0.39 is 0 Å². The van der Waals surface area contributed by atoms with Crippen molar-refractivity contribution in [2.24, 2.45) is 0 Å². The van der Waals surface area contributed by atoms with E-state index in [1.54, 1.807) is 14.1 Å². The van der Waals surface area contributed by atoms with Gasteiger partial charge in [0.15, 0.2) is 0 Å². The maximum absolute atomic E-state index is 10.5. The topological polar surface area (TPSA) is 20.3 Å². The minimum Gasteiger partial charge on any atom is -0.345 e. The molecule has 0 aliphatic heterocycles. The monoisotopic (exact) mass is 133 g/mol. The summed E-state index contributed by atoms with van der Waals surface area (Å²) < 4.78 is 0. The van der Waals surface area contributed by atoms with Gasteiger partial charge in [-0.25, -0.2) is 0 Å². The summed E-state index contributed by atoms with van der Waals surface area (Å²) in [4.78, 5) is 11.9. The molecule has 0 aliphatic carbocycles. The average Bonchev–Trinajstić information content (AvgIpc) is 1.67. The smallest absolute Gasteiger partial charge is 0.246 e. The van der Waals surface area contributed by atoms with Gasteiger partial charge < -0.3 is 4.90 Å². The number of nitrogens with zero attached hydrogens (tertiary/aromatic N) is 1. The van der Waals surface area contributed by atoms with Gasteiger partial charge in [-0.3, -0.25) is 4.79 Å². The van der Waals surface area contributed by atoms with E-state index in [-0.39, 0.29) is 5.91 Å². The highest BCUT2D eigenvalue weighted by Gasteiger charge is 1.93. The van der Waals surface area contributed by atoms with Crippen molar-refractivity contribution in [2.45, 2.75) is 0 Å². The molecule has 0 spiro atoms. The average molecular weight is 134 g/mol. The molecule has 0 radical (unpaired) electrons. The lowest BCUT2D eigenvalue weighted by atomic mass is 10.5. The minimum absolute atomic E-state index is 0.0972. The van der Waals surface area contributed by atoms with Gasteiger partial charge in [-0.05, 0) is 0 Å². The fourth-order valence-corrected chi connectivity index (χ4v) is 0.311. The first-order valence-electron chi connectivity index (χ1n) is 2.16. The summed E-state index contributed by atoms with van der Waals surface area (Å²) in [5.41, 5.74) is 1.20. The van der Waals surface area contributed by atoms with Crippen molar-refractivity contribution in [1.82, 2.24) is 4.90 Å². The third-order valence-electron chi connectivity index (χ3n) is 0.646. The van der Waals surface area contributed by atoms with E-state index in [0.29, 0.717) is 0 Å². The number of amides is 1. The van der Waals surface area contributed by atoms with Crippen LogP contribution in [0, 0.1) is 0 Å². The predicted molar refractivity (Wildman–Crippen MR) is 33.7 cm³/mol. The predicted octanol–water partition coefficient (Wildman–Crippen LogP) is 0.827. The molecule has 0 saturated carbocycles. The van der Waals surface area contributed by atoms with Crippen LogP contribution in [0.1, 0.15) is 0 Å². The van der Waals surface area contributed by atoms with Gasteiger partial charge in [0.25, 0.3) is 0 Å². The summed E-state index contributed by atoms with van der Waals surface area (Å²) >= 11 is 5.11. The number of halogens is 1. The molecule has 0 atom stereocenters. The van der Waals surface area contributed by atoms with Gasteiger partial charge in [0.05, 0.1) is 0 Å². The molecular formula is C5H8ClNO. The summed E-state index contributed by atoms with van der Waals surface area (Å²) in [5, 5.41) is 0. The molecule has 0 aromatic heterocycles. The Hall–Kier alpha value is -0.500. The van der Waals surface area contributed by atoms with Crippen molar-refractivity contribution in [3.63, 3.8) is 0 Å². The molecule has 0 fully saturated rings. The van der Waals surface area contributed by atoms with E-state index in [2.05, 4.69) is 0 Å². The van der Waals surface area contributed by atoms with E-state index in [0.717, 1.165) is 0 Å². The molecule has 0 bridgehead atoms. The van der Waals surface area contributed by atoms with Crippen LogP contribution < -0.4 is 0 Å². The summed E-state index contributed by atoms with van der Waals surface area (Å²) in [6.45, 7) is 0. The van der Waals surface area contributed by atoms with Crippen LogP contribution in [0.25, 0.3) is 0 Å². The second kappa shape index (κ2) is 3.50. The molecule has 2 nitrogen and oxygen atoms in total. The van der Waals surface area contributed by atoms with Crippen LogP contribution in [0.5, 0.6) is 0 Å². The van der Waals surface area contributed by atoms with Gasteiger partial charge in [0.1, 0.15) is 0 Å². The Morgan fingerprint density at radius 2 is 2.12 bits per heavy atom. The first-order chi connectivity index (χ1) is 3.68. The number of hydrogen-bond acceptors (Lipinski definition) is 1. The Balaban J connectivity index is 3.66. The van der Waals surface area contributed by atoms with E-state index in [4.69, 9.17) is 11.6 Å². The Morgan fingerprint density at radius 3 is 2.25 bits per heavy atom. The molecule has 1 amide bonds. The van der Waals surface area contributed by atoms with Gasteiger partial charge >= 0.3 is 0 Å². The maximum Gasteiger partial charge on any atom is 0.246 e. The van der Waals surface area contributed by atoms with Gasteiger partial charge in [-0.1, -0.05) is 11.6 Å². The Labute approximate surface area is 53.7 Å². The van der Waals surface area contributed by atoms with Crippen LogP contribution in [0.15, 0.2) is 11.6 Å². The van der Waals surface area contributed by atoms with E-state index >= 15 is 0 Å². The molecular weight excluding hydrogens is 126 g/mol. The normalized spacial score (nSPS) is 9.88. The molecule has 0 N–H and O–H groups in total. The summed E-state index contributed by atoms with van der Waals surface area (Å²) in [6.07, 6.45) is 1.29. The van der Waals surface area contributed by atoms with E-state index in [9.17, 15) is 4.79 Å².